The van der Waals surface area contributed by atoms with Gasteiger partial charge in [0, 0.05) is 13.7 Å². The number of nitrogens with one attached hydrogen (secondary N) is 1. The van der Waals surface area contributed by atoms with Gasteiger partial charge in [0.15, 0.2) is 0 Å². The second kappa shape index (κ2) is 7.06. The SMILES string of the molecule is COCC(O)CCNS(=O)(=O)c1c(N)cccc1Cl. The Labute approximate surface area is 117 Å². The van der Waals surface area contributed by atoms with Crippen molar-refractivity contribution >= 4 is 27.3 Å². The molecule has 1 aromatic rings. The third-order valence-corrected chi connectivity index (χ3v) is 4.40. The van der Waals surface area contributed by atoms with Crippen molar-refractivity contribution in [3.8, 4) is 0 Å². The number of nitrogens with two attached hydrogens (primary N) is 1. The number of halogens is 1. The Morgan fingerprint density at radius 2 is 2.21 bits per heavy atom. The monoisotopic (exact) mass is 308 g/mol. The Morgan fingerprint density at radius 1 is 1.53 bits per heavy atom. The van der Waals surface area contributed by atoms with Crippen LogP contribution >= 0.6 is 11.6 Å². The fraction of sp³-hybridized carbons (Fsp3) is 0.455. The molecule has 1 unspecified atom stereocenters. The minimum atomic E-state index is -3.79. The van der Waals surface area contributed by atoms with Crippen LogP contribution in [0.25, 0.3) is 0 Å². The van der Waals surface area contributed by atoms with E-state index in [4.69, 9.17) is 22.1 Å². The van der Waals surface area contributed by atoms with Crippen molar-refractivity contribution in [3.05, 3.63) is 23.2 Å². The highest BCUT2D eigenvalue weighted by Crippen LogP contribution is 2.26. The number of methoxy groups -OCH3 is 1. The molecule has 0 aliphatic carbocycles. The highest BCUT2D eigenvalue weighted by atomic mass is 35.5. The first-order valence-corrected chi connectivity index (χ1v) is 7.45. The van der Waals surface area contributed by atoms with Gasteiger partial charge in [0.25, 0.3) is 0 Å². The molecule has 0 fully saturated rings. The van der Waals surface area contributed by atoms with Gasteiger partial charge in [-0.3, -0.25) is 0 Å². The number of hydrogen-bond donors (Lipinski definition) is 3. The first-order chi connectivity index (χ1) is 8.88. The lowest BCUT2D eigenvalue weighted by Gasteiger charge is -2.12. The molecule has 0 aromatic heterocycles. The smallest absolute Gasteiger partial charge is 0.244 e. The van der Waals surface area contributed by atoms with Gasteiger partial charge >= 0.3 is 0 Å². The topological polar surface area (TPSA) is 102 Å². The number of rotatable bonds is 7. The van der Waals surface area contributed by atoms with Crippen LogP contribution in [0.5, 0.6) is 0 Å². The van der Waals surface area contributed by atoms with Crippen LogP contribution in [0.3, 0.4) is 0 Å². The van der Waals surface area contributed by atoms with Crippen molar-refractivity contribution in [2.75, 3.05) is 26.0 Å². The zero-order valence-corrected chi connectivity index (χ0v) is 12.0. The maximum atomic E-state index is 12.0. The van der Waals surface area contributed by atoms with E-state index in [0.717, 1.165) is 0 Å². The van der Waals surface area contributed by atoms with Gasteiger partial charge in [-0.05, 0) is 18.6 Å². The summed E-state index contributed by atoms with van der Waals surface area (Å²) < 4.78 is 31.1. The van der Waals surface area contributed by atoms with Crippen LogP contribution in [0.1, 0.15) is 6.42 Å². The molecule has 4 N–H and O–H groups in total. The van der Waals surface area contributed by atoms with Crippen LogP contribution in [0.4, 0.5) is 5.69 Å². The standard InChI is InChI=1S/C11H17ClN2O4S/c1-18-7-8(15)5-6-14-19(16,17)11-9(12)3-2-4-10(11)13/h2-4,8,14-15H,5-7,13H2,1H3. The Bertz CT molecular complexity index is 501. The Balaban J connectivity index is 2.72. The molecular formula is C11H17ClN2O4S. The molecule has 0 heterocycles. The highest BCUT2D eigenvalue weighted by molar-refractivity contribution is 7.89. The minimum Gasteiger partial charge on any atom is -0.398 e. The molecule has 1 rings (SSSR count). The maximum absolute atomic E-state index is 12.0. The molecule has 1 aromatic carbocycles. The summed E-state index contributed by atoms with van der Waals surface area (Å²) in [6.07, 6.45) is -0.492. The molecule has 1 atom stereocenters. The first kappa shape index (κ1) is 16.2. The lowest BCUT2D eigenvalue weighted by molar-refractivity contribution is 0.0603. The third-order valence-electron chi connectivity index (χ3n) is 2.39. The molecule has 0 spiro atoms. The Morgan fingerprint density at radius 3 is 2.79 bits per heavy atom. The van der Waals surface area contributed by atoms with E-state index in [0.29, 0.717) is 0 Å². The zero-order chi connectivity index (χ0) is 14.5. The normalized spacial score (nSPS) is 13.4. The van der Waals surface area contributed by atoms with Crippen molar-refractivity contribution in [2.45, 2.75) is 17.4 Å². The summed E-state index contributed by atoms with van der Waals surface area (Å²) >= 11 is 5.84. The second-order valence-corrected chi connectivity index (χ2v) is 6.06. The van der Waals surface area contributed by atoms with Crippen molar-refractivity contribution in [3.63, 3.8) is 0 Å². The van der Waals surface area contributed by atoms with Gasteiger partial charge in [0.2, 0.25) is 10.0 Å². The lowest BCUT2D eigenvalue weighted by atomic mass is 10.3. The first-order valence-electron chi connectivity index (χ1n) is 5.59. The molecule has 8 heteroatoms. The molecule has 0 radical (unpaired) electrons. The molecule has 6 nitrogen and oxygen atoms in total. The van der Waals surface area contributed by atoms with Crippen LogP contribution in [0, 0.1) is 0 Å². The molecule has 0 aliphatic rings. The third kappa shape index (κ3) is 4.63. The minimum absolute atomic E-state index is 0.0601. The fourth-order valence-electron chi connectivity index (χ4n) is 1.52. The van der Waals surface area contributed by atoms with Gasteiger partial charge < -0.3 is 15.6 Å². The predicted molar refractivity (Wildman–Crippen MR) is 73.6 cm³/mol. The molecule has 0 aliphatic heterocycles. The number of anilines is 1. The highest BCUT2D eigenvalue weighted by Gasteiger charge is 2.20. The fourth-order valence-corrected chi connectivity index (χ4v) is 3.24. The van der Waals surface area contributed by atoms with Crippen LogP contribution < -0.4 is 10.5 Å². The molecule has 0 amide bonds. The zero-order valence-electron chi connectivity index (χ0n) is 10.5. The van der Waals surface area contributed by atoms with Crippen LogP contribution in [0.15, 0.2) is 23.1 Å². The lowest BCUT2D eigenvalue weighted by Crippen LogP contribution is -2.29. The summed E-state index contributed by atoms with van der Waals surface area (Å²) in [5, 5.41) is 9.48. The van der Waals surface area contributed by atoms with Crippen LogP contribution in [-0.4, -0.2) is 39.9 Å². The van der Waals surface area contributed by atoms with Crippen molar-refractivity contribution in [1.29, 1.82) is 0 Å². The van der Waals surface area contributed by atoms with Gasteiger partial charge in [-0.1, -0.05) is 17.7 Å². The van der Waals surface area contributed by atoms with E-state index in [1.165, 1.54) is 19.2 Å². The van der Waals surface area contributed by atoms with E-state index in [-0.39, 0.29) is 35.2 Å². The van der Waals surface area contributed by atoms with E-state index in [2.05, 4.69) is 4.72 Å². The molecular weight excluding hydrogens is 292 g/mol. The molecule has 19 heavy (non-hydrogen) atoms. The van der Waals surface area contributed by atoms with E-state index >= 15 is 0 Å². The number of hydrogen-bond acceptors (Lipinski definition) is 5. The average Bonchev–Trinajstić information content (AvgIpc) is 2.28. The predicted octanol–water partition coefficient (Wildman–Crippen LogP) is 0.598. The van der Waals surface area contributed by atoms with Crippen LogP contribution in [0.2, 0.25) is 5.02 Å². The number of benzene rings is 1. The second-order valence-electron chi connectivity index (χ2n) is 3.95. The number of aliphatic hydroxyl groups excluding tert-OH is 1. The van der Waals surface area contributed by atoms with E-state index < -0.39 is 16.1 Å². The largest absolute Gasteiger partial charge is 0.398 e. The van der Waals surface area contributed by atoms with Gasteiger partial charge in [0.05, 0.1) is 23.4 Å². The van der Waals surface area contributed by atoms with Gasteiger partial charge in [-0.15, -0.1) is 0 Å². The van der Waals surface area contributed by atoms with E-state index in [1.807, 2.05) is 0 Å². The van der Waals surface area contributed by atoms with E-state index in [1.54, 1.807) is 6.07 Å². The number of nitrogen functional groups attached to an aromatic ring is 1. The quantitative estimate of drug-likeness (QED) is 0.640. The molecule has 0 bridgehead atoms. The molecule has 0 saturated carbocycles. The molecule has 0 saturated heterocycles. The Hall–Kier alpha value is -0.860. The summed E-state index contributed by atoms with van der Waals surface area (Å²) in [5.41, 5.74) is 5.69. The number of sulfonamides is 1. The Kier molecular flexibility index (Phi) is 6.02. The van der Waals surface area contributed by atoms with Crippen molar-refractivity contribution in [1.82, 2.24) is 4.72 Å². The summed E-state index contributed by atoms with van der Waals surface area (Å²) in [7, 11) is -2.33. The maximum Gasteiger partial charge on any atom is 0.244 e. The van der Waals surface area contributed by atoms with Gasteiger partial charge in [0.1, 0.15) is 4.90 Å². The van der Waals surface area contributed by atoms with Gasteiger partial charge in [-0.25, -0.2) is 13.1 Å². The molecule has 108 valence electrons. The average molecular weight is 309 g/mol. The summed E-state index contributed by atoms with van der Waals surface area (Å²) in [4.78, 5) is -0.141. The van der Waals surface area contributed by atoms with Crippen molar-refractivity contribution < 1.29 is 18.3 Å². The van der Waals surface area contributed by atoms with Crippen molar-refractivity contribution in [2.24, 2.45) is 0 Å². The summed E-state index contributed by atoms with van der Waals surface area (Å²) in [6.45, 7) is 0.216. The van der Waals surface area contributed by atoms with E-state index in [9.17, 15) is 13.5 Å². The van der Waals surface area contributed by atoms with Crippen LogP contribution in [-0.2, 0) is 14.8 Å². The number of aliphatic hydroxyl groups is 1. The van der Waals surface area contributed by atoms with Gasteiger partial charge in [-0.2, -0.15) is 0 Å². The number of ether oxygens (including phenoxy) is 1. The summed E-state index contributed by atoms with van der Waals surface area (Å²) in [6, 6.07) is 4.48. The summed E-state index contributed by atoms with van der Waals surface area (Å²) in [5.74, 6) is 0.